The van der Waals surface area contributed by atoms with E-state index in [1.807, 2.05) is 6.07 Å². The Labute approximate surface area is 146 Å². The van der Waals surface area contributed by atoms with Gasteiger partial charge in [0.1, 0.15) is 11.2 Å². The molecule has 7 nitrogen and oxygen atoms in total. The summed E-state index contributed by atoms with van der Waals surface area (Å²) in [6, 6.07) is 1.96. The van der Waals surface area contributed by atoms with Gasteiger partial charge in [0.05, 0.1) is 18.1 Å². The van der Waals surface area contributed by atoms with Gasteiger partial charge in [-0.2, -0.15) is 0 Å². The third kappa shape index (κ3) is 2.04. The van der Waals surface area contributed by atoms with Crippen molar-refractivity contribution in [2.75, 3.05) is 22.6 Å². The average molecular weight is 338 g/mol. The van der Waals surface area contributed by atoms with Crippen LogP contribution in [-0.2, 0) is 4.79 Å². The number of carbonyl (C=O) groups is 1. The summed E-state index contributed by atoms with van der Waals surface area (Å²) in [5.41, 5.74) is 7.58. The van der Waals surface area contributed by atoms with E-state index in [9.17, 15) is 4.79 Å². The first kappa shape index (κ1) is 15.8. The number of nitrogens with zero attached hydrogens (tertiary/aromatic N) is 5. The predicted octanol–water partition coefficient (Wildman–Crippen LogP) is 2.09. The third-order valence-electron chi connectivity index (χ3n) is 5.33. The summed E-state index contributed by atoms with van der Waals surface area (Å²) in [6.45, 7) is 6.31. The minimum atomic E-state index is -0.481. The number of carbonyl (C=O) groups excluding carboxylic acids is 1. The first-order valence-corrected chi connectivity index (χ1v) is 8.52. The zero-order valence-electron chi connectivity index (χ0n) is 14.9. The van der Waals surface area contributed by atoms with Gasteiger partial charge in [0, 0.05) is 24.8 Å². The summed E-state index contributed by atoms with van der Waals surface area (Å²) in [5, 5.41) is 0. The molecule has 1 aliphatic carbocycles. The van der Waals surface area contributed by atoms with Crippen molar-refractivity contribution < 1.29 is 4.79 Å². The molecular weight excluding hydrogens is 316 g/mol. The molecule has 1 fully saturated rings. The molecule has 2 atom stereocenters. The second-order valence-corrected chi connectivity index (χ2v) is 7.22. The number of anilines is 3. The normalized spacial score (nSPS) is 24.8. The lowest BCUT2D eigenvalue weighted by molar-refractivity contribution is -0.121. The first-order valence-electron chi connectivity index (χ1n) is 8.52. The van der Waals surface area contributed by atoms with Crippen LogP contribution in [0, 0.1) is 5.92 Å². The van der Waals surface area contributed by atoms with Crippen LogP contribution in [0.2, 0.25) is 0 Å². The second-order valence-electron chi connectivity index (χ2n) is 7.22. The number of pyridine rings is 1. The Hall–Kier alpha value is -2.70. The van der Waals surface area contributed by atoms with Crippen molar-refractivity contribution in [2.45, 2.75) is 38.8 Å². The molecule has 4 rings (SSSR count). The maximum absolute atomic E-state index is 13.0. The maximum atomic E-state index is 13.0. The molecule has 0 saturated heterocycles. The van der Waals surface area contributed by atoms with Crippen LogP contribution < -0.4 is 15.5 Å². The molecule has 1 spiro atoms. The number of fused-ring (bicyclic) bond motifs is 1. The Morgan fingerprint density at radius 1 is 1.36 bits per heavy atom. The van der Waals surface area contributed by atoms with Crippen LogP contribution in [0.3, 0.4) is 0 Å². The molecule has 2 aliphatic rings. The van der Waals surface area contributed by atoms with Gasteiger partial charge in [0.25, 0.3) is 5.91 Å². The van der Waals surface area contributed by atoms with Gasteiger partial charge in [-0.25, -0.2) is 9.97 Å². The van der Waals surface area contributed by atoms with Gasteiger partial charge in [-0.1, -0.05) is 6.92 Å². The van der Waals surface area contributed by atoms with E-state index in [0.717, 1.165) is 23.5 Å². The van der Waals surface area contributed by atoms with Crippen molar-refractivity contribution in [3.05, 3.63) is 24.7 Å². The van der Waals surface area contributed by atoms with Crippen molar-refractivity contribution in [3.8, 4) is 11.4 Å². The average Bonchev–Trinajstić information content (AvgIpc) is 3.24. The van der Waals surface area contributed by atoms with E-state index in [4.69, 9.17) is 10.7 Å². The minimum absolute atomic E-state index is 0.126. The van der Waals surface area contributed by atoms with Crippen molar-refractivity contribution in [3.63, 3.8) is 0 Å². The molecule has 0 bridgehead atoms. The van der Waals surface area contributed by atoms with Crippen LogP contribution in [0.1, 0.15) is 27.2 Å². The topological polar surface area (TPSA) is 88.2 Å². The summed E-state index contributed by atoms with van der Waals surface area (Å²) in [7, 11) is 1.80. The standard InChI is InChI=1S/C18H22N6O/c1-10(2)24-16-14(23(4)17(25)18(24)7-11(18)3)9-21-15(22-16)12-5-6-20-8-13(12)19/h5-6,8-11H,7,19H2,1-4H3/t11-,18-/m0/s1. The highest BCUT2D eigenvalue weighted by Crippen LogP contribution is 2.56. The van der Waals surface area contributed by atoms with E-state index in [1.54, 1.807) is 30.5 Å². The molecule has 2 aromatic heterocycles. The second kappa shape index (κ2) is 5.15. The van der Waals surface area contributed by atoms with E-state index in [-0.39, 0.29) is 11.9 Å². The molecule has 1 amide bonds. The number of aromatic nitrogens is 3. The van der Waals surface area contributed by atoms with Gasteiger partial charge in [-0.15, -0.1) is 0 Å². The Bertz CT molecular complexity index is 866. The highest BCUT2D eigenvalue weighted by atomic mass is 16.2. The molecule has 7 heteroatoms. The van der Waals surface area contributed by atoms with Crippen LogP contribution >= 0.6 is 0 Å². The van der Waals surface area contributed by atoms with E-state index in [1.165, 1.54) is 0 Å². The van der Waals surface area contributed by atoms with Gasteiger partial charge in [-0.3, -0.25) is 9.78 Å². The fourth-order valence-electron chi connectivity index (χ4n) is 3.96. The monoisotopic (exact) mass is 338 g/mol. The van der Waals surface area contributed by atoms with Crippen LogP contribution in [0.15, 0.2) is 24.7 Å². The van der Waals surface area contributed by atoms with E-state index < -0.39 is 5.54 Å². The fraction of sp³-hybridized carbons (Fsp3) is 0.444. The minimum Gasteiger partial charge on any atom is -0.397 e. The van der Waals surface area contributed by atoms with Gasteiger partial charge in [0.15, 0.2) is 11.6 Å². The molecule has 0 radical (unpaired) electrons. The number of hydrogen-bond acceptors (Lipinski definition) is 6. The Morgan fingerprint density at radius 2 is 2.08 bits per heavy atom. The van der Waals surface area contributed by atoms with Crippen LogP contribution in [0.4, 0.5) is 17.2 Å². The van der Waals surface area contributed by atoms with Gasteiger partial charge in [-0.05, 0) is 32.3 Å². The number of nitrogens with two attached hydrogens (primary N) is 1. The van der Waals surface area contributed by atoms with Gasteiger partial charge in [0.2, 0.25) is 0 Å². The highest BCUT2D eigenvalue weighted by Gasteiger charge is 2.65. The predicted molar refractivity (Wildman–Crippen MR) is 97.2 cm³/mol. The molecule has 3 heterocycles. The lowest BCUT2D eigenvalue weighted by Crippen LogP contribution is -2.58. The quantitative estimate of drug-likeness (QED) is 0.902. The van der Waals surface area contributed by atoms with Crippen molar-refractivity contribution >= 4 is 23.1 Å². The summed E-state index contributed by atoms with van der Waals surface area (Å²) in [5.74, 6) is 1.78. The number of amides is 1. The molecule has 2 aromatic rings. The number of nitrogen functional groups attached to an aromatic ring is 1. The number of hydrogen-bond donors (Lipinski definition) is 1. The molecular formula is C18H22N6O. The largest absolute Gasteiger partial charge is 0.397 e. The third-order valence-corrected chi connectivity index (χ3v) is 5.33. The summed E-state index contributed by atoms with van der Waals surface area (Å²) in [6.07, 6.45) is 5.84. The van der Waals surface area contributed by atoms with Crippen LogP contribution in [0.5, 0.6) is 0 Å². The zero-order chi connectivity index (χ0) is 17.9. The molecule has 25 heavy (non-hydrogen) atoms. The highest BCUT2D eigenvalue weighted by molar-refractivity contribution is 6.10. The Kier molecular flexibility index (Phi) is 3.25. The lowest BCUT2D eigenvalue weighted by atomic mass is 10.0. The first-order chi connectivity index (χ1) is 11.9. The number of likely N-dealkylation sites (N-methyl/N-ethyl adjacent to an activating group) is 1. The maximum Gasteiger partial charge on any atom is 0.253 e. The van der Waals surface area contributed by atoms with E-state index in [2.05, 4.69) is 35.6 Å². The van der Waals surface area contributed by atoms with Crippen LogP contribution in [-0.4, -0.2) is 39.5 Å². The SMILES string of the molecule is CC(C)N1c2nc(-c3ccncc3N)ncc2N(C)C(=O)[C@@]12C[C@@H]2C. The zero-order valence-corrected chi connectivity index (χ0v) is 14.9. The molecule has 2 N–H and O–H groups in total. The smallest absolute Gasteiger partial charge is 0.253 e. The van der Waals surface area contributed by atoms with Gasteiger partial charge < -0.3 is 15.5 Å². The lowest BCUT2D eigenvalue weighted by Gasteiger charge is -2.44. The van der Waals surface area contributed by atoms with Crippen molar-refractivity contribution in [1.82, 2.24) is 15.0 Å². The summed E-state index contributed by atoms with van der Waals surface area (Å²) < 4.78 is 0. The number of rotatable bonds is 2. The van der Waals surface area contributed by atoms with Crippen LogP contribution in [0.25, 0.3) is 11.4 Å². The molecule has 1 saturated carbocycles. The van der Waals surface area contributed by atoms with E-state index in [0.29, 0.717) is 17.4 Å². The Balaban J connectivity index is 1.91. The molecule has 1 aliphatic heterocycles. The summed E-state index contributed by atoms with van der Waals surface area (Å²) >= 11 is 0. The molecule has 0 unspecified atom stereocenters. The van der Waals surface area contributed by atoms with E-state index >= 15 is 0 Å². The molecule has 130 valence electrons. The Morgan fingerprint density at radius 3 is 2.68 bits per heavy atom. The fourth-order valence-corrected chi connectivity index (χ4v) is 3.96. The van der Waals surface area contributed by atoms with Crippen molar-refractivity contribution in [2.24, 2.45) is 5.92 Å². The van der Waals surface area contributed by atoms with Crippen molar-refractivity contribution in [1.29, 1.82) is 0 Å². The molecule has 0 aromatic carbocycles. The van der Waals surface area contributed by atoms with Gasteiger partial charge >= 0.3 is 0 Å². The summed E-state index contributed by atoms with van der Waals surface area (Å²) in [4.78, 5) is 30.2.